The summed E-state index contributed by atoms with van der Waals surface area (Å²) in [4.78, 5) is 2.56. The first-order chi connectivity index (χ1) is 10.2. The minimum absolute atomic E-state index is 0.459. The number of ether oxygens (including phenoxy) is 1. The lowest BCUT2D eigenvalue weighted by molar-refractivity contribution is 0.0161. The molecule has 1 N–H and O–H groups in total. The number of morpholine rings is 1. The molecule has 0 radical (unpaired) electrons. The molecule has 1 aromatic carbocycles. The second-order valence-electron chi connectivity index (χ2n) is 6.46. The van der Waals surface area contributed by atoms with Gasteiger partial charge in [0.25, 0.3) is 0 Å². The fraction of sp³-hybridized carbons (Fsp3) is 0.667. The zero-order valence-corrected chi connectivity index (χ0v) is 13.8. The van der Waals surface area contributed by atoms with Gasteiger partial charge in [-0.1, -0.05) is 43.7 Å². The van der Waals surface area contributed by atoms with Gasteiger partial charge in [0.2, 0.25) is 0 Å². The summed E-state index contributed by atoms with van der Waals surface area (Å²) in [6.07, 6.45) is 1.24. The molecule has 0 bridgehead atoms. The summed E-state index contributed by atoms with van der Waals surface area (Å²) in [6, 6.07) is 9.39. The van der Waals surface area contributed by atoms with E-state index in [1.54, 1.807) is 0 Å². The highest BCUT2D eigenvalue weighted by Gasteiger charge is 2.22. The minimum atomic E-state index is 0.459. The van der Waals surface area contributed by atoms with E-state index in [9.17, 15) is 0 Å². The summed E-state index contributed by atoms with van der Waals surface area (Å²) >= 11 is 0. The van der Waals surface area contributed by atoms with Crippen LogP contribution < -0.4 is 5.32 Å². The van der Waals surface area contributed by atoms with Crippen molar-refractivity contribution in [1.29, 1.82) is 0 Å². The topological polar surface area (TPSA) is 24.5 Å². The number of nitrogens with zero attached hydrogens (tertiary/aromatic N) is 1. The van der Waals surface area contributed by atoms with Gasteiger partial charge in [0, 0.05) is 25.7 Å². The number of hydrogen-bond acceptors (Lipinski definition) is 3. The fourth-order valence-corrected chi connectivity index (χ4v) is 2.85. The summed E-state index contributed by atoms with van der Waals surface area (Å²) in [5, 5.41) is 3.65. The largest absolute Gasteiger partial charge is 0.379 e. The molecule has 118 valence electrons. The van der Waals surface area contributed by atoms with Crippen molar-refractivity contribution in [3.8, 4) is 0 Å². The Bertz CT molecular complexity index is 413. The van der Waals surface area contributed by atoms with E-state index in [0.717, 1.165) is 45.3 Å². The zero-order valence-electron chi connectivity index (χ0n) is 13.8. The second-order valence-corrected chi connectivity index (χ2v) is 6.46. The first-order valence-electron chi connectivity index (χ1n) is 8.26. The molecule has 3 nitrogen and oxygen atoms in total. The molecule has 0 aliphatic carbocycles. The summed E-state index contributed by atoms with van der Waals surface area (Å²) in [5.74, 6) is 0.762. The lowest BCUT2D eigenvalue weighted by Gasteiger charge is -2.35. The average Bonchev–Trinajstić information content (AvgIpc) is 2.48. The first kappa shape index (κ1) is 16.5. The normalized spacial score (nSPS) is 18.1. The Hall–Kier alpha value is -0.900. The smallest absolute Gasteiger partial charge is 0.0594 e. The van der Waals surface area contributed by atoms with Crippen molar-refractivity contribution in [1.82, 2.24) is 10.2 Å². The molecule has 2 rings (SSSR count). The van der Waals surface area contributed by atoms with Crippen LogP contribution in [0.3, 0.4) is 0 Å². The lowest BCUT2D eigenvalue weighted by atomic mass is 10.0. The molecule has 3 heteroatoms. The van der Waals surface area contributed by atoms with Gasteiger partial charge in [-0.05, 0) is 31.4 Å². The second kappa shape index (κ2) is 8.52. The molecular weight excluding hydrogens is 260 g/mol. The third-order valence-electron chi connectivity index (χ3n) is 4.15. The van der Waals surface area contributed by atoms with Crippen molar-refractivity contribution < 1.29 is 4.74 Å². The molecule has 1 saturated heterocycles. The Labute approximate surface area is 129 Å². The third-order valence-corrected chi connectivity index (χ3v) is 4.15. The summed E-state index contributed by atoms with van der Waals surface area (Å²) in [7, 11) is 0. The molecule has 1 atom stereocenters. The molecule has 1 unspecified atom stereocenters. The van der Waals surface area contributed by atoms with Crippen LogP contribution in [-0.2, 0) is 4.74 Å². The van der Waals surface area contributed by atoms with Crippen LogP contribution in [-0.4, -0.2) is 44.3 Å². The van der Waals surface area contributed by atoms with Crippen molar-refractivity contribution in [2.24, 2.45) is 5.92 Å². The van der Waals surface area contributed by atoms with Crippen molar-refractivity contribution >= 4 is 0 Å². The van der Waals surface area contributed by atoms with Crippen LogP contribution in [0.4, 0.5) is 0 Å². The Morgan fingerprint density at radius 3 is 2.67 bits per heavy atom. The van der Waals surface area contributed by atoms with Crippen molar-refractivity contribution in [3.05, 3.63) is 35.4 Å². The van der Waals surface area contributed by atoms with Gasteiger partial charge in [-0.15, -0.1) is 0 Å². The van der Waals surface area contributed by atoms with Gasteiger partial charge in [0.15, 0.2) is 0 Å². The van der Waals surface area contributed by atoms with Crippen molar-refractivity contribution in [2.45, 2.75) is 33.2 Å². The molecule has 1 aliphatic heterocycles. The Kier molecular flexibility index (Phi) is 6.68. The highest BCUT2D eigenvalue weighted by Crippen LogP contribution is 2.22. The minimum Gasteiger partial charge on any atom is -0.379 e. The van der Waals surface area contributed by atoms with E-state index < -0.39 is 0 Å². The van der Waals surface area contributed by atoms with E-state index in [-0.39, 0.29) is 0 Å². The van der Waals surface area contributed by atoms with Crippen LogP contribution in [0.1, 0.15) is 37.4 Å². The van der Waals surface area contributed by atoms with E-state index >= 15 is 0 Å². The van der Waals surface area contributed by atoms with Crippen LogP contribution in [0.25, 0.3) is 0 Å². The predicted octanol–water partition coefficient (Wildman–Crippen LogP) is 3.00. The molecule has 0 saturated carbocycles. The van der Waals surface area contributed by atoms with Crippen molar-refractivity contribution in [3.63, 3.8) is 0 Å². The molecule has 1 aromatic rings. The Morgan fingerprint density at radius 1 is 1.24 bits per heavy atom. The molecule has 0 aromatic heterocycles. The number of hydrogen-bond donors (Lipinski definition) is 1. The van der Waals surface area contributed by atoms with Crippen LogP contribution >= 0.6 is 0 Å². The van der Waals surface area contributed by atoms with Gasteiger partial charge < -0.3 is 10.1 Å². The molecule has 0 amide bonds. The van der Waals surface area contributed by atoms with Crippen LogP contribution in [0, 0.1) is 12.8 Å². The number of rotatable bonds is 7. The molecule has 21 heavy (non-hydrogen) atoms. The van der Waals surface area contributed by atoms with E-state index in [4.69, 9.17) is 4.74 Å². The Balaban J connectivity index is 1.99. The first-order valence-corrected chi connectivity index (χ1v) is 8.26. The fourth-order valence-electron chi connectivity index (χ4n) is 2.85. The van der Waals surface area contributed by atoms with Crippen LogP contribution in [0.15, 0.2) is 24.3 Å². The van der Waals surface area contributed by atoms with Gasteiger partial charge in [0.05, 0.1) is 13.2 Å². The van der Waals surface area contributed by atoms with Gasteiger partial charge in [0.1, 0.15) is 0 Å². The quantitative estimate of drug-likeness (QED) is 0.781. The Morgan fingerprint density at radius 2 is 2.00 bits per heavy atom. The van der Waals surface area contributed by atoms with E-state index in [2.05, 4.69) is 55.3 Å². The number of nitrogens with one attached hydrogen (secondary N) is 1. The van der Waals surface area contributed by atoms with E-state index in [0.29, 0.717) is 6.04 Å². The summed E-state index contributed by atoms with van der Waals surface area (Å²) in [6.45, 7) is 12.6. The standard InChI is InChI=1S/C18H30N2O/c1-15(2)7-8-19-14-18(20-9-11-21-12-10-20)17-6-4-5-16(3)13-17/h4-6,13,15,18-19H,7-12,14H2,1-3H3. The average molecular weight is 290 g/mol. The van der Waals surface area contributed by atoms with Gasteiger partial charge in [-0.2, -0.15) is 0 Å². The monoisotopic (exact) mass is 290 g/mol. The van der Waals surface area contributed by atoms with Gasteiger partial charge >= 0.3 is 0 Å². The lowest BCUT2D eigenvalue weighted by Crippen LogP contribution is -2.43. The summed E-state index contributed by atoms with van der Waals surface area (Å²) < 4.78 is 5.50. The zero-order chi connectivity index (χ0) is 15.1. The van der Waals surface area contributed by atoms with Gasteiger partial charge in [-0.25, -0.2) is 0 Å². The molecule has 1 aliphatic rings. The highest BCUT2D eigenvalue weighted by atomic mass is 16.5. The maximum Gasteiger partial charge on any atom is 0.0594 e. The molecule has 0 spiro atoms. The SMILES string of the molecule is Cc1cccc(C(CNCCC(C)C)N2CCOCC2)c1. The predicted molar refractivity (Wildman–Crippen MR) is 88.6 cm³/mol. The van der Waals surface area contributed by atoms with Crippen molar-refractivity contribution in [2.75, 3.05) is 39.4 Å². The van der Waals surface area contributed by atoms with E-state index in [1.807, 2.05) is 0 Å². The van der Waals surface area contributed by atoms with Crippen LogP contribution in [0.2, 0.25) is 0 Å². The molecular formula is C18H30N2O. The maximum absolute atomic E-state index is 5.50. The molecule has 1 heterocycles. The van der Waals surface area contributed by atoms with Crippen LogP contribution in [0.5, 0.6) is 0 Å². The third kappa shape index (κ3) is 5.42. The van der Waals surface area contributed by atoms with E-state index in [1.165, 1.54) is 17.5 Å². The highest BCUT2D eigenvalue weighted by molar-refractivity contribution is 5.25. The summed E-state index contributed by atoms with van der Waals surface area (Å²) in [5.41, 5.74) is 2.77. The maximum atomic E-state index is 5.50. The van der Waals surface area contributed by atoms with Gasteiger partial charge in [-0.3, -0.25) is 4.90 Å². The molecule has 1 fully saturated rings. The number of aryl methyl sites for hydroxylation is 1. The number of benzene rings is 1.